The number of halogens is 1. The molecule has 0 N–H and O–H groups in total. The minimum atomic E-state index is -0.300. The molecule has 2 atom stereocenters. The monoisotopic (exact) mass is 381 g/mol. The second-order valence-corrected chi connectivity index (χ2v) is 8.00. The number of hydrogen-bond donors (Lipinski definition) is 0. The van der Waals surface area contributed by atoms with E-state index in [1.807, 2.05) is 30.1 Å². The first-order chi connectivity index (χ1) is 13.5. The molecule has 1 aliphatic heterocycles. The molecule has 2 amide bonds. The van der Waals surface area contributed by atoms with Crippen LogP contribution in [0.25, 0.3) is 0 Å². The van der Waals surface area contributed by atoms with Crippen molar-refractivity contribution in [3.05, 3.63) is 65.7 Å². The van der Waals surface area contributed by atoms with Gasteiger partial charge in [-0.2, -0.15) is 0 Å². The van der Waals surface area contributed by atoms with Crippen LogP contribution < -0.4 is 0 Å². The zero-order chi connectivity index (χ0) is 19.7. The summed E-state index contributed by atoms with van der Waals surface area (Å²) >= 11 is 0. The zero-order valence-corrected chi connectivity index (χ0v) is 16.0. The second-order valence-electron chi connectivity index (χ2n) is 8.00. The Hall–Kier alpha value is -2.76. The van der Waals surface area contributed by atoms with Crippen molar-refractivity contribution < 1.29 is 14.0 Å². The van der Waals surface area contributed by atoms with E-state index < -0.39 is 0 Å². The van der Waals surface area contributed by atoms with Crippen molar-refractivity contribution in [1.29, 1.82) is 0 Å². The topological polar surface area (TPSA) is 53.5 Å². The molecule has 6 heteroatoms. The number of hydrogen-bond acceptors (Lipinski definition) is 3. The molecule has 0 bridgehead atoms. The maximum atomic E-state index is 13.0. The van der Waals surface area contributed by atoms with Gasteiger partial charge in [0.15, 0.2) is 0 Å². The Balaban J connectivity index is 1.32. The van der Waals surface area contributed by atoms with E-state index in [2.05, 4.69) is 4.98 Å². The molecular formula is C22H24FN3O2. The predicted octanol–water partition coefficient (Wildman–Crippen LogP) is 2.66. The van der Waals surface area contributed by atoms with Gasteiger partial charge in [0.1, 0.15) is 5.82 Å². The van der Waals surface area contributed by atoms with Gasteiger partial charge in [-0.1, -0.05) is 18.2 Å². The van der Waals surface area contributed by atoms with E-state index in [9.17, 15) is 14.0 Å². The fourth-order valence-electron chi connectivity index (χ4n) is 4.22. The Kier molecular flexibility index (Phi) is 4.87. The van der Waals surface area contributed by atoms with Gasteiger partial charge in [0.2, 0.25) is 11.8 Å². The van der Waals surface area contributed by atoms with Crippen LogP contribution >= 0.6 is 0 Å². The molecule has 1 saturated heterocycles. The molecule has 1 aromatic heterocycles. The van der Waals surface area contributed by atoms with Crippen molar-refractivity contribution in [2.75, 3.05) is 20.1 Å². The third-order valence-electron chi connectivity index (χ3n) is 6.00. The lowest BCUT2D eigenvalue weighted by Gasteiger charge is -2.19. The lowest BCUT2D eigenvalue weighted by Crippen LogP contribution is -2.33. The molecule has 4 rings (SSSR count). The van der Waals surface area contributed by atoms with Crippen LogP contribution in [0.4, 0.5) is 4.39 Å². The third-order valence-corrected chi connectivity index (χ3v) is 6.00. The Labute approximate surface area is 164 Å². The molecule has 2 heterocycles. The normalized spacial score (nSPS) is 23.1. The highest BCUT2D eigenvalue weighted by atomic mass is 19.1. The number of likely N-dealkylation sites (tertiary alicyclic amines) is 1. The van der Waals surface area contributed by atoms with Crippen molar-refractivity contribution >= 4 is 11.8 Å². The fourth-order valence-corrected chi connectivity index (χ4v) is 4.22. The number of amides is 2. The van der Waals surface area contributed by atoms with Crippen LogP contribution in [0, 0.1) is 17.2 Å². The summed E-state index contributed by atoms with van der Waals surface area (Å²) in [5.74, 6) is -0.128. The largest absolute Gasteiger partial charge is 0.342 e. The van der Waals surface area contributed by atoms with Gasteiger partial charge in [0.25, 0.3) is 0 Å². The Morgan fingerprint density at radius 2 is 2.04 bits per heavy atom. The standard InChI is InChI=1S/C22H24FN3O2/c1-25(14-18-4-2-3-10-24-18)21(28)19-13-22(19)9-11-26(15-22)20(27)12-16-5-7-17(23)8-6-16/h2-8,10,19H,9,11-15H2,1H3/t19-,22-/m0/s1. The summed E-state index contributed by atoms with van der Waals surface area (Å²) < 4.78 is 13.0. The van der Waals surface area contributed by atoms with Crippen molar-refractivity contribution in [2.45, 2.75) is 25.8 Å². The Morgan fingerprint density at radius 1 is 1.25 bits per heavy atom. The molecule has 2 aromatic rings. The molecule has 28 heavy (non-hydrogen) atoms. The van der Waals surface area contributed by atoms with Crippen LogP contribution in [-0.2, 0) is 22.6 Å². The molecule has 2 aliphatic rings. The number of benzene rings is 1. The first-order valence-electron chi connectivity index (χ1n) is 9.64. The average Bonchev–Trinajstić information content (AvgIpc) is 3.22. The Morgan fingerprint density at radius 3 is 2.75 bits per heavy atom. The van der Waals surface area contributed by atoms with Gasteiger partial charge in [-0.25, -0.2) is 4.39 Å². The summed E-state index contributed by atoms with van der Waals surface area (Å²) in [7, 11) is 1.81. The first kappa shape index (κ1) is 18.6. The summed E-state index contributed by atoms with van der Waals surface area (Å²) in [6.45, 7) is 1.83. The molecule has 1 spiro atoms. The van der Waals surface area contributed by atoms with Gasteiger partial charge in [-0.15, -0.1) is 0 Å². The van der Waals surface area contributed by atoms with Crippen molar-refractivity contribution in [2.24, 2.45) is 11.3 Å². The molecule has 2 fully saturated rings. The van der Waals surface area contributed by atoms with Crippen LogP contribution in [0.3, 0.4) is 0 Å². The lowest BCUT2D eigenvalue weighted by molar-refractivity contribution is -0.133. The van der Waals surface area contributed by atoms with Crippen LogP contribution in [0.15, 0.2) is 48.7 Å². The van der Waals surface area contributed by atoms with Gasteiger partial charge in [-0.3, -0.25) is 14.6 Å². The maximum Gasteiger partial charge on any atom is 0.227 e. The van der Waals surface area contributed by atoms with Gasteiger partial charge < -0.3 is 9.80 Å². The average molecular weight is 381 g/mol. The number of carbonyl (C=O) groups is 2. The summed E-state index contributed by atoms with van der Waals surface area (Å²) in [6, 6.07) is 11.7. The number of pyridine rings is 1. The molecule has 1 aromatic carbocycles. The molecular weight excluding hydrogens is 357 g/mol. The molecule has 146 valence electrons. The highest BCUT2D eigenvalue weighted by molar-refractivity contribution is 5.84. The van der Waals surface area contributed by atoms with Crippen molar-refractivity contribution in [3.63, 3.8) is 0 Å². The van der Waals surface area contributed by atoms with E-state index in [4.69, 9.17) is 0 Å². The molecule has 0 unspecified atom stereocenters. The quantitative estimate of drug-likeness (QED) is 0.800. The number of carbonyl (C=O) groups excluding carboxylic acids is 2. The lowest BCUT2D eigenvalue weighted by atomic mass is 10.0. The molecule has 1 saturated carbocycles. The zero-order valence-electron chi connectivity index (χ0n) is 16.0. The van der Waals surface area contributed by atoms with E-state index >= 15 is 0 Å². The second kappa shape index (κ2) is 7.34. The van der Waals surface area contributed by atoms with Gasteiger partial charge in [0, 0.05) is 37.7 Å². The van der Waals surface area contributed by atoms with Gasteiger partial charge >= 0.3 is 0 Å². The van der Waals surface area contributed by atoms with Crippen molar-refractivity contribution in [1.82, 2.24) is 14.8 Å². The highest BCUT2D eigenvalue weighted by Crippen LogP contribution is 2.59. The smallest absolute Gasteiger partial charge is 0.227 e. The minimum absolute atomic E-state index is 0.00941. The molecule has 0 radical (unpaired) electrons. The molecule has 5 nitrogen and oxygen atoms in total. The summed E-state index contributed by atoms with van der Waals surface area (Å²) in [4.78, 5) is 33.3. The third kappa shape index (κ3) is 3.77. The van der Waals surface area contributed by atoms with Gasteiger partial charge in [-0.05, 0) is 42.7 Å². The molecule has 1 aliphatic carbocycles. The summed E-state index contributed by atoms with van der Waals surface area (Å²) in [6.07, 6.45) is 3.72. The van der Waals surface area contributed by atoms with Crippen LogP contribution in [-0.4, -0.2) is 46.7 Å². The summed E-state index contributed by atoms with van der Waals surface area (Å²) in [5, 5.41) is 0. The van der Waals surface area contributed by atoms with E-state index in [0.717, 1.165) is 24.1 Å². The summed E-state index contributed by atoms with van der Waals surface area (Å²) in [5.41, 5.74) is 1.62. The van der Waals surface area contributed by atoms with E-state index in [-0.39, 0.29) is 35.4 Å². The maximum absolute atomic E-state index is 13.0. The van der Waals surface area contributed by atoms with Crippen LogP contribution in [0.5, 0.6) is 0 Å². The van der Waals surface area contributed by atoms with Gasteiger partial charge in [0.05, 0.1) is 18.7 Å². The minimum Gasteiger partial charge on any atom is -0.342 e. The van der Waals surface area contributed by atoms with Crippen molar-refractivity contribution in [3.8, 4) is 0 Å². The highest BCUT2D eigenvalue weighted by Gasteiger charge is 2.61. The van der Waals surface area contributed by atoms with E-state index in [0.29, 0.717) is 19.6 Å². The number of rotatable bonds is 5. The van der Waals surface area contributed by atoms with E-state index in [1.165, 1.54) is 12.1 Å². The first-order valence-corrected chi connectivity index (χ1v) is 9.64. The Bertz CT molecular complexity index is 871. The fraction of sp³-hybridized carbons (Fsp3) is 0.409. The predicted molar refractivity (Wildman–Crippen MR) is 103 cm³/mol. The van der Waals surface area contributed by atoms with Crippen LogP contribution in [0.2, 0.25) is 0 Å². The SMILES string of the molecule is CN(Cc1ccccn1)C(=O)[C@@H]1C[C@]12CCN(C(=O)Cc1ccc(F)cc1)C2. The van der Waals surface area contributed by atoms with E-state index in [1.54, 1.807) is 23.2 Å². The number of nitrogens with zero attached hydrogens (tertiary/aromatic N) is 3. The number of aromatic nitrogens is 1. The van der Waals surface area contributed by atoms with Crippen LogP contribution in [0.1, 0.15) is 24.1 Å².